The van der Waals surface area contributed by atoms with Crippen LogP contribution in [-0.2, 0) is 5.38 Å². The average Bonchev–Trinajstić information content (AvgIpc) is 2.03. The molecule has 0 aliphatic rings. The van der Waals surface area contributed by atoms with E-state index in [-0.39, 0.29) is 5.92 Å². The lowest BCUT2D eigenvalue weighted by Crippen LogP contribution is -2.06. The number of aromatic nitrogens is 1. The predicted octanol–water partition coefficient (Wildman–Crippen LogP) is 3.49. The van der Waals surface area contributed by atoms with Gasteiger partial charge in [0.05, 0.1) is 0 Å². The molecule has 0 saturated carbocycles. The number of hydrogen-bond donors (Lipinski definition) is 0. The van der Waals surface area contributed by atoms with E-state index < -0.39 is 11.1 Å². The van der Waals surface area contributed by atoms with E-state index in [0.29, 0.717) is 0 Å². The van der Waals surface area contributed by atoms with Crippen molar-refractivity contribution in [2.45, 2.75) is 25.1 Å². The molecule has 0 aliphatic carbocycles. The molecule has 0 saturated heterocycles. The zero-order chi connectivity index (χ0) is 10.1. The van der Waals surface area contributed by atoms with Gasteiger partial charge in [0.15, 0.2) is 0 Å². The van der Waals surface area contributed by atoms with Crippen LogP contribution in [0.15, 0.2) is 18.3 Å². The van der Waals surface area contributed by atoms with E-state index in [9.17, 15) is 8.78 Å². The Kier molecular flexibility index (Phi) is 2.86. The molecule has 0 bridgehead atoms. The lowest BCUT2D eigenvalue weighted by Gasteiger charge is -2.09. The Hall–Kier alpha value is -0.700. The maximum Gasteiger partial charge on any atom is 0.364 e. The molecular formula is C9H10ClF2N. The SMILES string of the molecule is CC(C)c1ccc(C(F)(F)Cl)nc1. The topological polar surface area (TPSA) is 12.9 Å². The molecule has 0 spiro atoms. The van der Waals surface area contributed by atoms with Gasteiger partial charge in [-0.05, 0) is 29.1 Å². The molecule has 1 nitrogen and oxygen atoms in total. The average molecular weight is 206 g/mol. The van der Waals surface area contributed by atoms with Crippen LogP contribution in [0.25, 0.3) is 0 Å². The summed E-state index contributed by atoms with van der Waals surface area (Å²) in [5, 5.41) is -3.37. The van der Waals surface area contributed by atoms with Crippen LogP contribution in [0.4, 0.5) is 8.78 Å². The third-order valence-corrected chi connectivity index (χ3v) is 1.94. The maximum atomic E-state index is 12.5. The summed E-state index contributed by atoms with van der Waals surface area (Å²) < 4.78 is 25.0. The fourth-order valence-corrected chi connectivity index (χ4v) is 1.03. The highest BCUT2D eigenvalue weighted by molar-refractivity contribution is 6.21. The van der Waals surface area contributed by atoms with E-state index in [1.807, 2.05) is 13.8 Å². The Labute approximate surface area is 80.7 Å². The third kappa shape index (κ3) is 2.62. The van der Waals surface area contributed by atoms with Crippen LogP contribution in [0.2, 0.25) is 0 Å². The van der Waals surface area contributed by atoms with Crippen molar-refractivity contribution in [2.24, 2.45) is 0 Å². The summed E-state index contributed by atoms with van der Waals surface area (Å²) in [6, 6.07) is 2.87. The van der Waals surface area contributed by atoms with Crippen LogP contribution in [0, 0.1) is 0 Å². The molecule has 0 amide bonds. The smallest absolute Gasteiger partial charge is 0.253 e. The second-order valence-corrected chi connectivity index (χ2v) is 3.60. The van der Waals surface area contributed by atoms with Crippen molar-refractivity contribution in [3.05, 3.63) is 29.6 Å². The van der Waals surface area contributed by atoms with E-state index in [1.54, 1.807) is 6.07 Å². The highest BCUT2D eigenvalue weighted by Crippen LogP contribution is 2.30. The van der Waals surface area contributed by atoms with Crippen LogP contribution >= 0.6 is 11.6 Å². The zero-order valence-corrected chi connectivity index (χ0v) is 8.15. The van der Waals surface area contributed by atoms with E-state index in [1.165, 1.54) is 12.3 Å². The number of hydrogen-bond acceptors (Lipinski definition) is 1. The number of rotatable bonds is 2. The van der Waals surface area contributed by atoms with Crippen molar-refractivity contribution in [3.8, 4) is 0 Å². The van der Waals surface area contributed by atoms with Gasteiger partial charge in [0, 0.05) is 6.20 Å². The molecule has 13 heavy (non-hydrogen) atoms. The summed E-state index contributed by atoms with van der Waals surface area (Å²) in [6.45, 7) is 3.94. The summed E-state index contributed by atoms with van der Waals surface area (Å²) in [5.41, 5.74) is 0.517. The van der Waals surface area contributed by atoms with Crippen molar-refractivity contribution in [1.29, 1.82) is 0 Å². The van der Waals surface area contributed by atoms with E-state index >= 15 is 0 Å². The third-order valence-electron chi connectivity index (χ3n) is 1.74. The number of nitrogens with zero attached hydrogens (tertiary/aromatic N) is 1. The van der Waals surface area contributed by atoms with Crippen LogP contribution in [-0.4, -0.2) is 4.98 Å². The van der Waals surface area contributed by atoms with Crippen LogP contribution in [0.5, 0.6) is 0 Å². The normalized spacial score (nSPS) is 12.2. The first-order valence-electron chi connectivity index (χ1n) is 3.94. The van der Waals surface area contributed by atoms with E-state index in [0.717, 1.165) is 5.56 Å². The Morgan fingerprint density at radius 3 is 2.31 bits per heavy atom. The lowest BCUT2D eigenvalue weighted by atomic mass is 10.1. The number of pyridine rings is 1. The summed E-state index contributed by atoms with van der Waals surface area (Å²) in [6.07, 6.45) is 1.43. The van der Waals surface area contributed by atoms with Gasteiger partial charge >= 0.3 is 5.38 Å². The van der Waals surface area contributed by atoms with Gasteiger partial charge in [0.1, 0.15) is 5.69 Å². The minimum absolute atomic E-state index is 0.283. The lowest BCUT2D eigenvalue weighted by molar-refractivity contribution is 0.0899. The molecule has 0 aromatic carbocycles. The van der Waals surface area contributed by atoms with Crippen molar-refractivity contribution < 1.29 is 8.78 Å². The Morgan fingerprint density at radius 1 is 1.38 bits per heavy atom. The second-order valence-electron chi connectivity index (χ2n) is 3.13. The van der Waals surface area contributed by atoms with Crippen LogP contribution < -0.4 is 0 Å². The van der Waals surface area contributed by atoms with E-state index in [4.69, 9.17) is 11.6 Å². The monoisotopic (exact) mass is 205 g/mol. The summed E-state index contributed by atoms with van der Waals surface area (Å²) in [7, 11) is 0. The van der Waals surface area contributed by atoms with Gasteiger partial charge in [-0.3, -0.25) is 4.98 Å². The van der Waals surface area contributed by atoms with Gasteiger partial charge in [-0.15, -0.1) is 0 Å². The molecule has 1 rings (SSSR count). The van der Waals surface area contributed by atoms with Gasteiger partial charge in [-0.2, -0.15) is 8.78 Å². The van der Waals surface area contributed by atoms with Gasteiger partial charge in [0.25, 0.3) is 0 Å². The van der Waals surface area contributed by atoms with Crippen LogP contribution in [0.1, 0.15) is 31.0 Å². The first-order chi connectivity index (χ1) is 5.91. The number of alkyl halides is 3. The highest BCUT2D eigenvalue weighted by Gasteiger charge is 2.29. The van der Waals surface area contributed by atoms with Gasteiger partial charge in [-0.1, -0.05) is 19.9 Å². The van der Waals surface area contributed by atoms with Crippen LogP contribution in [0.3, 0.4) is 0 Å². The molecule has 4 heteroatoms. The summed E-state index contributed by atoms with van der Waals surface area (Å²) in [4.78, 5) is 3.59. The maximum absolute atomic E-state index is 12.5. The molecule has 0 radical (unpaired) electrons. The molecule has 0 atom stereocenters. The van der Waals surface area contributed by atoms with Gasteiger partial charge in [0.2, 0.25) is 0 Å². The molecular weight excluding hydrogens is 196 g/mol. The number of halogens is 3. The van der Waals surface area contributed by atoms with E-state index in [2.05, 4.69) is 4.98 Å². The molecule has 1 heterocycles. The minimum Gasteiger partial charge on any atom is -0.253 e. The molecule has 72 valence electrons. The molecule has 0 aliphatic heterocycles. The molecule has 1 aromatic rings. The molecule has 0 unspecified atom stereocenters. The van der Waals surface area contributed by atoms with Crippen molar-refractivity contribution in [3.63, 3.8) is 0 Å². The first kappa shape index (κ1) is 10.4. The highest BCUT2D eigenvalue weighted by atomic mass is 35.5. The second kappa shape index (κ2) is 3.58. The molecule has 1 aromatic heterocycles. The largest absolute Gasteiger partial charge is 0.364 e. The zero-order valence-electron chi connectivity index (χ0n) is 7.39. The fraction of sp³-hybridized carbons (Fsp3) is 0.444. The van der Waals surface area contributed by atoms with Gasteiger partial charge in [-0.25, -0.2) is 0 Å². The van der Waals surface area contributed by atoms with Crippen molar-refractivity contribution in [2.75, 3.05) is 0 Å². The Balaban J connectivity index is 2.94. The molecule has 0 fully saturated rings. The Bertz CT molecular complexity index is 277. The minimum atomic E-state index is -3.37. The summed E-state index contributed by atoms with van der Waals surface area (Å²) >= 11 is 4.79. The fourth-order valence-electron chi connectivity index (χ4n) is 0.915. The molecule has 0 N–H and O–H groups in total. The standard InChI is InChI=1S/C9H10ClF2N/c1-6(2)7-3-4-8(13-5-7)9(10,11)12/h3-6H,1-2H3. The predicted molar refractivity (Wildman–Crippen MR) is 48.1 cm³/mol. The Morgan fingerprint density at radius 2 is 2.00 bits per heavy atom. The van der Waals surface area contributed by atoms with Gasteiger partial charge < -0.3 is 0 Å². The quantitative estimate of drug-likeness (QED) is 0.674. The summed E-state index contributed by atoms with van der Waals surface area (Å²) in [5.74, 6) is 0.283. The van der Waals surface area contributed by atoms with Crippen molar-refractivity contribution >= 4 is 11.6 Å². The van der Waals surface area contributed by atoms with Crippen molar-refractivity contribution in [1.82, 2.24) is 4.98 Å². The first-order valence-corrected chi connectivity index (χ1v) is 4.32.